The fourth-order valence-corrected chi connectivity index (χ4v) is 4.51. The molecule has 1 aliphatic heterocycles. The fourth-order valence-electron chi connectivity index (χ4n) is 3.51. The lowest BCUT2D eigenvalue weighted by Gasteiger charge is -2.24. The van der Waals surface area contributed by atoms with Crippen LogP contribution < -0.4 is 4.90 Å². The van der Waals surface area contributed by atoms with Crippen molar-refractivity contribution < 1.29 is 4.79 Å². The van der Waals surface area contributed by atoms with Crippen LogP contribution in [0.15, 0.2) is 83.8 Å². The van der Waals surface area contributed by atoms with Crippen LogP contribution in [0.4, 0.5) is 5.69 Å². The zero-order valence-corrected chi connectivity index (χ0v) is 15.6. The third kappa shape index (κ3) is 3.27. The van der Waals surface area contributed by atoms with Gasteiger partial charge in [-0.2, -0.15) is 0 Å². The van der Waals surface area contributed by atoms with Gasteiger partial charge in [0.25, 0.3) is 5.91 Å². The quantitative estimate of drug-likeness (QED) is 0.568. The minimum atomic E-state index is 0.0959. The van der Waals surface area contributed by atoms with E-state index in [1.54, 1.807) is 11.8 Å². The number of hydrogen-bond acceptors (Lipinski definition) is 2. The summed E-state index contributed by atoms with van der Waals surface area (Å²) in [4.78, 5) is 16.4. The number of carbonyl (C=O) groups is 1. The molecule has 26 heavy (non-hydrogen) atoms. The number of hydrogen-bond donors (Lipinski definition) is 0. The molecule has 1 atom stereocenters. The second-order valence-electron chi connectivity index (χ2n) is 6.63. The monoisotopic (exact) mass is 359 g/mol. The molecular formula is C23H21NOS. The SMILES string of the molecule is C[C@H]1Cc2ccccc2N1C(=O)c1ccccc1SCc1ccccc1. The molecule has 0 fully saturated rings. The number of rotatable bonds is 4. The van der Waals surface area contributed by atoms with Crippen molar-refractivity contribution in [1.29, 1.82) is 0 Å². The topological polar surface area (TPSA) is 20.3 Å². The minimum Gasteiger partial charge on any atom is -0.305 e. The lowest BCUT2D eigenvalue weighted by atomic mass is 10.1. The van der Waals surface area contributed by atoms with E-state index in [-0.39, 0.29) is 11.9 Å². The maximum Gasteiger partial charge on any atom is 0.259 e. The molecule has 1 amide bonds. The maximum atomic E-state index is 13.4. The van der Waals surface area contributed by atoms with E-state index in [4.69, 9.17) is 0 Å². The van der Waals surface area contributed by atoms with E-state index in [1.165, 1.54) is 11.1 Å². The number of nitrogens with zero attached hydrogens (tertiary/aromatic N) is 1. The van der Waals surface area contributed by atoms with E-state index in [1.807, 2.05) is 47.4 Å². The maximum absolute atomic E-state index is 13.4. The van der Waals surface area contributed by atoms with Gasteiger partial charge in [-0.15, -0.1) is 11.8 Å². The average molecular weight is 359 g/mol. The van der Waals surface area contributed by atoms with Gasteiger partial charge in [0.1, 0.15) is 0 Å². The zero-order chi connectivity index (χ0) is 17.9. The Morgan fingerprint density at radius 3 is 2.50 bits per heavy atom. The molecule has 2 nitrogen and oxygen atoms in total. The van der Waals surface area contributed by atoms with Crippen LogP contribution in [0.1, 0.15) is 28.4 Å². The first kappa shape index (κ1) is 16.9. The molecule has 0 aliphatic carbocycles. The van der Waals surface area contributed by atoms with Gasteiger partial charge in [-0.3, -0.25) is 4.79 Å². The van der Waals surface area contributed by atoms with Gasteiger partial charge in [0.05, 0.1) is 5.56 Å². The summed E-state index contributed by atoms with van der Waals surface area (Å²) in [5.74, 6) is 0.954. The molecule has 0 saturated carbocycles. The summed E-state index contributed by atoms with van der Waals surface area (Å²) >= 11 is 1.72. The van der Waals surface area contributed by atoms with E-state index >= 15 is 0 Å². The van der Waals surface area contributed by atoms with Gasteiger partial charge < -0.3 is 4.90 Å². The van der Waals surface area contributed by atoms with Gasteiger partial charge in [0.15, 0.2) is 0 Å². The molecule has 0 spiro atoms. The molecule has 1 heterocycles. The predicted octanol–water partition coefficient (Wildman–Crippen LogP) is 5.57. The van der Waals surface area contributed by atoms with Crippen molar-refractivity contribution in [2.75, 3.05) is 4.90 Å². The molecule has 1 aliphatic rings. The van der Waals surface area contributed by atoms with E-state index < -0.39 is 0 Å². The number of amides is 1. The van der Waals surface area contributed by atoms with Crippen LogP contribution in [0.3, 0.4) is 0 Å². The van der Waals surface area contributed by atoms with Crippen LogP contribution in [0.2, 0.25) is 0 Å². The second-order valence-corrected chi connectivity index (χ2v) is 7.64. The highest BCUT2D eigenvalue weighted by molar-refractivity contribution is 7.98. The molecule has 3 aromatic rings. The Morgan fingerprint density at radius 2 is 1.65 bits per heavy atom. The molecule has 0 bridgehead atoms. The number of anilines is 1. The second kappa shape index (κ2) is 7.38. The number of benzene rings is 3. The van der Waals surface area contributed by atoms with Gasteiger partial charge in [0, 0.05) is 22.4 Å². The molecule has 0 N–H and O–H groups in total. The molecule has 3 heteroatoms. The lowest BCUT2D eigenvalue weighted by Crippen LogP contribution is -2.36. The molecule has 130 valence electrons. The summed E-state index contributed by atoms with van der Waals surface area (Å²) in [7, 11) is 0. The Balaban J connectivity index is 1.61. The van der Waals surface area contributed by atoms with Crippen molar-refractivity contribution in [3.63, 3.8) is 0 Å². The standard InChI is InChI=1S/C23H21NOS/c1-17-15-19-11-5-7-13-21(19)24(17)23(25)20-12-6-8-14-22(20)26-16-18-9-3-2-4-10-18/h2-14,17H,15-16H2,1H3/t17-/m0/s1. The molecular weight excluding hydrogens is 338 g/mol. The fraction of sp³-hybridized carbons (Fsp3) is 0.174. The molecule has 0 radical (unpaired) electrons. The Hall–Kier alpha value is -2.52. The molecule has 0 unspecified atom stereocenters. The average Bonchev–Trinajstić information content (AvgIpc) is 3.02. The normalized spacial score (nSPS) is 15.7. The summed E-state index contributed by atoms with van der Waals surface area (Å²) in [6.45, 7) is 2.12. The minimum absolute atomic E-state index is 0.0959. The Labute approximate surface area is 158 Å². The van der Waals surface area contributed by atoms with Crippen LogP contribution in [-0.4, -0.2) is 11.9 Å². The van der Waals surface area contributed by atoms with Crippen molar-refractivity contribution in [2.24, 2.45) is 0 Å². The molecule has 4 rings (SSSR count). The zero-order valence-electron chi connectivity index (χ0n) is 14.8. The van der Waals surface area contributed by atoms with Crippen molar-refractivity contribution >= 4 is 23.4 Å². The number of carbonyl (C=O) groups excluding carboxylic acids is 1. The Bertz CT molecular complexity index is 922. The summed E-state index contributed by atoms with van der Waals surface area (Å²) in [5.41, 5.74) is 4.35. The third-order valence-corrected chi connectivity index (χ3v) is 5.93. The van der Waals surface area contributed by atoms with Gasteiger partial charge >= 0.3 is 0 Å². The van der Waals surface area contributed by atoms with Crippen molar-refractivity contribution in [3.8, 4) is 0 Å². The highest BCUT2D eigenvalue weighted by Gasteiger charge is 2.32. The highest BCUT2D eigenvalue weighted by atomic mass is 32.2. The van der Waals surface area contributed by atoms with E-state index in [9.17, 15) is 4.79 Å². The molecule has 0 saturated heterocycles. The summed E-state index contributed by atoms with van der Waals surface area (Å²) in [6.07, 6.45) is 0.918. The van der Waals surface area contributed by atoms with Gasteiger partial charge in [-0.25, -0.2) is 0 Å². The largest absolute Gasteiger partial charge is 0.305 e. The summed E-state index contributed by atoms with van der Waals surface area (Å²) < 4.78 is 0. The number of thioether (sulfide) groups is 1. The highest BCUT2D eigenvalue weighted by Crippen LogP contribution is 2.35. The van der Waals surface area contributed by atoms with E-state index in [0.717, 1.165) is 28.3 Å². The van der Waals surface area contributed by atoms with Gasteiger partial charge in [-0.1, -0.05) is 60.7 Å². The van der Waals surface area contributed by atoms with Gasteiger partial charge in [0.2, 0.25) is 0 Å². The van der Waals surface area contributed by atoms with Crippen molar-refractivity contribution in [3.05, 3.63) is 95.6 Å². The van der Waals surface area contributed by atoms with Crippen LogP contribution in [0, 0.1) is 0 Å². The number of fused-ring (bicyclic) bond motifs is 1. The summed E-state index contributed by atoms with van der Waals surface area (Å²) in [5, 5.41) is 0. The van der Waals surface area contributed by atoms with Crippen LogP contribution in [0.25, 0.3) is 0 Å². The van der Waals surface area contributed by atoms with Crippen molar-refractivity contribution in [1.82, 2.24) is 0 Å². The smallest absolute Gasteiger partial charge is 0.259 e. The van der Waals surface area contributed by atoms with Gasteiger partial charge in [-0.05, 0) is 42.7 Å². The predicted molar refractivity (Wildman–Crippen MR) is 109 cm³/mol. The van der Waals surface area contributed by atoms with E-state index in [0.29, 0.717) is 0 Å². The third-order valence-electron chi connectivity index (χ3n) is 4.78. The molecule has 0 aromatic heterocycles. The first-order valence-corrected chi connectivity index (χ1v) is 9.90. The molecule has 3 aromatic carbocycles. The van der Waals surface area contributed by atoms with E-state index in [2.05, 4.69) is 43.3 Å². The Kier molecular flexibility index (Phi) is 4.81. The van der Waals surface area contributed by atoms with Crippen LogP contribution in [-0.2, 0) is 12.2 Å². The Morgan fingerprint density at radius 1 is 0.962 bits per heavy atom. The number of para-hydroxylation sites is 1. The lowest BCUT2D eigenvalue weighted by molar-refractivity contribution is 0.0978. The van der Waals surface area contributed by atoms with Crippen LogP contribution >= 0.6 is 11.8 Å². The van der Waals surface area contributed by atoms with Crippen molar-refractivity contribution in [2.45, 2.75) is 30.0 Å². The first-order chi connectivity index (χ1) is 12.7. The first-order valence-electron chi connectivity index (χ1n) is 8.91. The summed E-state index contributed by atoms with van der Waals surface area (Å²) in [6, 6.07) is 26.7. The van der Waals surface area contributed by atoms with Crippen LogP contribution in [0.5, 0.6) is 0 Å².